The maximum atomic E-state index is 13.0. The Morgan fingerprint density at radius 3 is 3.04 bits per heavy atom. The van der Waals surface area contributed by atoms with E-state index in [9.17, 15) is 4.79 Å². The van der Waals surface area contributed by atoms with Crippen LogP contribution in [0.1, 0.15) is 30.5 Å². The maximum Gasteiger partial charge on any atom is 0.205 e. The highest BCUT2D eigenvalue weighted by molar-refractivity contribution is 6.32. The third-order valence-electron chi connectivity index (χ3n) is 4.90. The minimum absolute atomic E-state index is 0.0238. The van der Waals surface area contributed by atoms with Gasteiger partial charge in [0.25, 0.3) is 0 Å². The van der Waals surface area contributed by atoms with Crippen LogP contribution in [0.3, 0.4) is 0 Å². The van der Waals surface area contributed by atoms with E-state index >= 15 is 0 Å². The summed E-state index contributed by atoms with van der Waals surface area (Å²) in [5.74, 6) is 0.392. The van der Waals surface area contributed by atoms with Gasteiger partial charge in [-0.3, -0.25) is 4.79 Å². The molecule has 130 valence electrons. The molecule has 1 aliphatic heterocycles. The molecule has 0 radical (unpaired) electrons. The number of carbonyl (C=O) groups is 1. The van der Waals surface area contributed by atoms with Crippen LogP contribution in [-0.4, -0.2) is 33.8 Å². The number of rotatable bonds is 4. The number of Topliss-reactive ketones (excluding diaryl/α,β-unsaturated/α-hetero) is 1. The number of nitrogens with zero attached hydrogens (tertiary/aromatic N) is 2. The van der Waals surface area contributed by atoms with E-state index in [-0.39, 0.29) is 5.78 Å². The van der Waals surface area contributed by atoms with Crippen LogP contribution in [0.2, 0.25) is 5.02 Å². The van der Waals surface area contributed by atoms with E-state index in [2.05, 4.69) is 9.97 Å². The lowest BCUT2D eigenvalue weighted by Crippen LogP contribution is -2.54. The van der Waals surface area contributed by atoms with Crippen molar-refractivity contribution in [1.82, 2.24) is 9.97 Å². The number of H-pyrrole nitrogens is 1. The second-order valence-corrected chi connectivity index (χ2v) is 6.95. The molecule has 6 nitrogen and oxygen atoms in total. The van der Waals surface area contributed by atoms with Gasteiger partial charge in [0, 0.05) is 28.9 Å². The monoisotopic (exact) mass is 358 g/mol. The van der Waals surface area contributed by atoms with Crippen molar-refractivity contribution in [1.29, 1.82) is 0 Å². The minimum atomic E-state index is -0.986. The number of benzene rings is 1. The fourth-order valence-corrected chi connectivity index (χ4v) is 3.95. The molecule has 2 bridgehead atoms. The van der Waals surface area contributed by atoms with E-state index in [4.69, 9.17) is 27.1 Å². The van der Waals surface area contributed by atoms with Crippen molar-refractivity contribution in [3.8, 4) is 0 Å². The Morgan fingerprint density at radius 2 is 2.28 bits per heavy atom. The van der Waals surface area contributed by atoms with E-state index in [1.807, 2.05) is 18.2 Å². The smallest absolute Gasteiger partial charge is 0.205 e. The van der Waals surface area contributed by atoms with Crippen molar-refractivity contribution in [2.45, 2.75) is 43.4 Å². The fraction of sp³-hybridized carbons (Fsp3) is 0.389. The molecule has 0 amide bonds. The average Bonchev–Trinajstić information content (AvgIpc) is 3.08. The van der Waals surface area contributed by atoms with Gasteiger partial charge in [0.15, 0.2) is 11.6 Å². The zero-order chi connectivity index (χ0) is 17.4. The molecule has 1 fully saturated rings. The summed E-state index contributed by atoms with van der Waals surface area (Å²) in [6, 6.07) is 6.94. The van der Waals surface area contributed by atoms with Gasteiger partial charge in [0.2, 0.25) is 11.7 Å². The summed E-state index contributed by atoms with van der Waals surface area (Å²) in [6.45, 7) is 0. The molecule has 7 heteroatoms. The first-order valence-corrected chi connectivity index (χ1v) is 8.76. The number of hydrogen-bond acceptors (Lipinski definition) is 5. The summed E-state index contributed by atoms with van der Waals surface area (Å²) in [6.07, 6.45) is 5.49. The van der Waals surface area contributed by atoms with Crippen molar-refractivity contribution >= 4 is 23.3 Å². The van der Waals surface area contributed by atoms with Gasteiger partial charge in [-0.05, 0) is 25.3 Å². The summed E-state index contributed by atoms with van der Waals surface area (Å²) in [5, 5.41) is 0.545. The number of ether oxygens (including phenoxy) is 1. The third kappa shape index (κ3) is 2.75. The van der Waals surface area contributed by atoms with Crippen LogP contribution in [0.5, 0.6) is 0 Å². The molecule has 2 heterocycles. The van der Waals surface area contributed by atoms with Crippen molar-refractivity contribution in [2.75, 3.05) is 0 Å². The molecule has 1 saturated carbocycles. The van der Waals surface area contributed by atoms with Gasteiger partial charge in [-0.25, -0.2) is 9.98 Å². The third-order valence-corrected chi connectivity index (χ3v) is 5.23. The first-order valence-electron chi connectivity index (χ1n) is 8.39. The minimum Gasteiger partial charge on any atom is -0.468 e. The Kier molecular flexibility index (Phi) is 4.09. The molecule has 3 unspecified atom stereocenters. The highest BCUT2D eigenvalue weighted by Crippen LogP contribution is 2.44. The number of aliphatic imine (C=N–C) groups is 1. The van der Waals surface area contributed by atoms with E-state index in [0.717, 1.165) is 17.7 Å². The molecule has 4 rings (SSSR count). The quantitative estimate of drug-likeness (QED) is 0.877. The maximum absolute atomic E-state index is 13.0. The van der Waals surface area contributed by atoms with E-state index in [1.54, 1.807) is 18.6 Å². The van der Waals surface area contributed by atoms with Gasteiger partial charge in [-0.1, -0.05) is 29.8 Å². The molecule has 3 N–H and O–H groups in total. The van der Waals surface area contributed by atoms with E-state index in [1.165, 1.54) is 0 Å². The Bertz CT molecular complexity index is 820. The summed E-state index contributed by atoms with van der Waals surface area (Å²) in [7, 11) is 0. The fourth-order valence-electron chi connectivity index (χ4n) is 3.66. The highest BCUT2D eigenvalue weighted by Gasteiger charge is 2.52. The van der Waals surface area contributed by atoms with Crippen molar-refractivity contribution in [3.05, 3.63) is 53.1 Å². The van der Waals surface area contributed by atoms with Crippen LogP contribution >= 0.6 is 11.6 Å². The lowest BCUT2D eigenvalue weighted by molar-refractivity contribution is -0.137. The standard InChI is InChI=1S/C18H19ClN4O2/c19-13-5-2-1-4-12(13)18-7-3-6-15(16(18)24)25-17(23-18)14(20)8-11-9-21-10-22-11/h1-2,4-5,9-10,14-15H,3,6-8,20H2,(H,21,22). The SMILES string of the molecule is NC(Cc1cnc[nH]1)C1=NC2(c3ccccc3Cl)CCCC(O1)C2=O. The van der Waals surface area contributed by atoms with Crippen molar-refractivity contribution in [3.63, 3.8) is 0 Å². The number of nitrogens with one attached hydrogen (secondary N) is 1. The Morgan fingerprint density at radius 1 is 1.44 bits per heavy atom. The van der Waals surface area contributed by atoms with Gasteiger partial charge >= 0.3 is 0 Å². The Balaban J connectivity index is 1.75. The zero-order valence-corrected chi connectivity index (χ0v) is 14.4. The predicted molar refractivity (Wildman–Crippen MR) is 94.6 cm³/mol. The second kappa shape index (κ2) is 6.28. The molecule has 0 saturated heterocycles. The van der Waals surface area contributed by atoms with Gasteiger partial charge in [0.1, 0.15) is 0 Å². The van der Waals surface area contributed by atoms with Crippen LogP contribution < -0.4 is 5.73 Å². The molecule has 1 aromatic heterocycles. The Hall–Kier alpha value is -2.18. The van der Waals surface area contributed by atoms with E-state index in [0.29, 0.717) is 30.2 Å². The van der Waals surface area contributed by atoms with Crippen LogP contribution in [0, 0.1) is 0 Å². The van der Waals surface area contributed by atoms with Crippen molar-refractivity contribution < 1.29 is 9.53 Å². The van der Waals surface area contributed by atoms with Gasteiger partial charge in [-0.15, -0.1) is 0 Å². The van der Waals surface area contributed by atoms with Gasteiger partial charge < -0.3 is 15.5 Å². The molecule has 1 aromatic carbocycles. The Labute approximate surface area is 150 Å². The predicted octanol–water partition coefficient (Wildman–Crippen LogP) is 2.38. The highest BCUT2D eigenvalue weighted by atomic mass is 35.5. The summed E-state index contributed by atoms with van der Waals surface area (Å²) in [4.78, 5) is 24.8. The topological polar surface area (TPSA) is 93.4 Å². The van der Waals surface area contributed by atoms with Crippen LogP contribution in [0.15, 0.2) is 41.8 Å². The molecule has 0 spiro atoms. The summed E-state index contributed by atoms with van der Waals surface area (Å²) >= 11 is 6.40. The molecule has 25 heavy (non-hydrogen) atoms. The van der Waals surface area contributed by atoms with E-state index < -0.39 is 17.7 Å². The number of imidazole rings is 1. The number of hydrogen-bond donors (Lipinski definition) is 2. The molecular formula is C18H19ClN4O2. The number of nitrogens with two attached hydrogens (primary N) is 1. The largest absolute Gasteiger partial charge is 0.468 e. The number of halogens is 1. The molecular weight excluding hydrogens is 340 g/mol. The molecule has 2 aliphatic rings. The number of fused-ring (bicyclic) bond motifs is 2. The van der Waals surface area contributed by atoms with Crippen LogP contribution in [-0.2, 0) is 21.5 Å². The normalized spacial score (nSPS) is 26.7. The van der Waals surface area contributed by atoms with Gasteiger partial charge in [0.05, 0.1) is 12.4 Å². The average molecular weight is 359 g/mol. The van der Waals surface area contributed by atoms with Crippen LogP contribution in [0.25, 0.3) is 0 Å². The van der Waals surface area contributed by atoms with Crippen LogP contribution in [0.4, 0.5) is 0 Å². The lowest BCUT2D eigenvalue weighted by Gasteiger charge is -2.42. The number of aromatic nitrogens is 2. The molecule has 3 atom stereocenters. The summed E-state index contributed by atoms with van der Waals surface area (Å²) in [5.41, 5.74) is 6.96. The first kappa shape index (κ1) is 16.3. The molecule has 1 aliphatic carbocycles. The number of ketones is 1. The van der Waals surface area contributed by atoms with Gasteiger partial charge in [-0.2, -0.15) is 0 Å². The number of carbonyl (C=O) groups excluding carboxylic acids is 1. The second-order valence-electron chi connectivity index (χ2n) is 6.54. The number of aromatic amines is 1. The lowest BCUT2D eigenvalue weighted by atomic mass is 9.73. The zero-order valence-electron chi connectivity index (χ0n) is 13.6. The van der Waals surface area contributed by atoms with Crippen molar-refractivity contribution in [2.24, 2.45) is 10.7 Å². The first-order chi connectivity index (χ1) is 12.1. The summed E-state index contributed by atoms with van der Waals surface area (Å²) < 4.78 is 5.86. The molecule has 2 aromatic rings.